The lowest BCUT2D eigenvalue weighted by molar-refractivity contribution is 1.00. The molecule has 0 fully saturated rings. The van der Waals surface area contributed by atoms with Crippen molar-refractivity contribution in [2.24, 2.45) is 7.05 Å². The Morgan fingerprint density at radius 3 is 1.23 bits per heavy atom. The van der Waals surface area contributed by atoms with E-state index in [2.05, 4.69) is 154 Å². The molecule has 0 amide bonds. The summed E-state index contributed by atoms with van der Waals surface area (Å²) in [7, 11) is 2.20. The molecule has 0 spiro atoms. The smallest absolute Gasteiger partial charge is 0.0735 e. The number of nitrogens with zero attached hydrogens (tertiary/aromatic N) is 3. The highest BCUT2D eigenvalue weighted by Gasteiger charge is 2.21. The van der Waals surface area contributed by atoms with E-state index in [0.717, 1.165) is 5.69 Å². The van der Waals surface area contributed by atoms with Crippen LogP contribution in [0.5, 0.6) is 0 Å². The van der Waals surface area contributed by atoms with E-state index in [1.54, 1.807) is 0 Å². The highest BCUT2D eigenvalue weighted by atomic mass is 15.1. The van der Waals surface area contributed by atoms with E-state index in [1.807, 2.05) is 0 Å². The van der Waals surface area contributed by atoms with Crippen molar-refractivity contribution in [3.05, 3.63) is 133 Å². The highest BCUT2D eigenvalue weighted by Crippen LogP contribution is 2.40. The number of benzene rings is 6. The molecule has 0 aliphatic carbocycles. The van der Waals surface area contributed by atoms with Gasteiger partial charge in [-0.15, -0.1) is 0 Å². The van der Waals surface area contributed by atoms with Gasteiger partial charge >= 0.3 is 0 Å². The number of aromatic nitrogens is 3. The average Bonchev–Trinajstić information content (AvgIpc) is 3.63. The van der Waals surface area contributed by atoms with Gasteiger partial charge in [0.2, 0.25) is 0 Å². The van der Waals surface area contributed by atoms with E-state index in [1.165, 1.54) is 71.1 Å². The van der Waals surface area contributed by atoms with Crippen LogP contribution in [0.3, 0.4) is 0 Å². The first-order chi connectivity index (χ1) is 19.8. The molecule has 3 heteroatoms. The number of hydrogen-bond donors (Lipinski definition) is 0. The van der Waals surface area contributed by atoms with E-state index < -0.39 is 0 Å². The van der Waals surface area contributed by atoms with Crippen LogP contribution >= 0.6 is 0 Å². The van der Waals surface area contributed by atoms with E-state index in [4.69, 9.17) is 0 Å². The Bertz CT molecular complexity index is 2340. The van der Waals surface area contributed by atoms with Gasteiger partial charge in [-0.3, -0.25) is 0 Å². The summed E-state index contributed by atoms with van der Waals surface area (Å²) in [6.07, 6.45) is 0. The normalized spacial score (nSPS) is 12.1. The summed E-state index contributed by atoms with van der Waals surface area (Å²) < 4.78 is 7.26. The predicted octanol–water partition coefficient (Wildman–Crippen LogP) is 9.53. The van der Waals surface area contributed by atoms with Crippen molar-refractivity contribution in [3.63, 3.8) is 0 Å². The number of hydrogen-bond acceptors (Lipinski definition) is 0. The van der Waals surface area contributed by atoms with Gasteiger partial charge in [0.15, 0.2) is 0 Å². The first kappa shape index (κ1) is 21.6. The zero-order valence-electron chi connectivity index (χ0n) is 22.0. The summed E-state index contributed by atoms with van der Waals surface area (Å²) in [4.78, 5) is 0. The molecule has 3 nitrogen and oxygen atoms in total. The van der Waals surface area contributed by atoms with Crippen molar-refractivity contribution in [3.8, 4) is 11.4 Å². The monoisotopic (exact) mass is 511 g/mol. The van der Waals surface area contributed by atoms with Gasteiger partial charge in [0.1, 0.15) is 0 Å². The van der Waals surface area contributed by atoms with Gasteiger partial charge in [0, 0.05) is 50.6 Å². The van der Waals surface area contributed by atoms with Crippen molar-refractivity contribution in [2.45, 2.75) is 0 Å². The van der Waals surface area contributed by atoms with Gasteiger partial charge in [0.25, 0.3) is 0 Å². The van der Waals surface area contributed by atoms with Crippen LogP contribution in [0.25, 0.3) is 76.8 Å². The maximum Gasteiger partial charge on any atom is 0.0735 e. The Labute approximate surface area is 230 Å². The molecule has 0 unspecified atom stereocenters. The fourth-order valence-electron chi connectivity index (χ4n) is 6.96. The van der Waals surface area contributed by atoms with Crippen LogP contribution in [0.2, 0.25) is 0 Å². The summed E-state index contributed by atoms with van der Waals surface area (Å²) in [6, 6.07) is 48.6. The van der Waals surface area contributed by atoms with Gasteiger partial charge in [-0.25, -0.2) is 0 Å². The van der Waals surface area contributed by atoms with E-state index in [0.29, 0.717) is 0 Å². The van der Waals surface area contributed by atoms with Gasteiger partial charge < -0.3 is 13.7 Å². The molecule has 9 rings (SSSR count). The summed E-state index contributed by atoms with van der Waals surface area (Å²) in [5.74, 6) is 0. The molecular weight excluding hydrogens is 486 g/mol. The lowest BCUT2D eigenvalue weighted by Gasteiger charge is -2.16. The first-order valence-electron chi connectivity index (χ1n) is 13.8. The molecule has 40 heavy (non-hydrogen) atoms. The zero-order valence-corrected chi connectivity index (χ0v) is 22.0. The van der Waals surface area contributed by atoms with Gasteiger partial charge in [0.05, 0.1) is 33.3 Å². The van der Waals surface area contributed by atoms with Crippen LogP contribution in [0.4, 0.5) is 0 Å². The largest absolute Gasteiger partial charge is 0.342 e. The SMILES string of the molecule is Cn1c2ccccc2c2cc(-n3c4ccccc4c4ccccc43)cc(-n3c4ccccc4c4ccccc43)c21. The molecule has 0 aliphatic rings. The Morgan fingerprint density at radius 2 is 0.750 bits per heavy atom. The number of aryl methyl sites for hydroxylation is 1. The third-order valence-electron chi connectivity index (χ3n) is 8.62. The molecule has 6 aromatic carbocycles. The van der Waals surface area contributed by atoms with Gasteiger partial charge in [-0.1, -0.05) is 91.0 Å². The molecular formula is C37H25N3. The van der Waals surface area contributed by atoms with Gasteiger partial charge in [-0.2, -0.15) is 0 Å². The fraction of sp³-hybridized carbons (Fsp3) is 0.0270. The second-order valence-electron chi connectivity index (χ2n) is 10.7. The summed E-state index contributed by atoms with van der Waals surface area (Å²) in [5.41, 5.74) is 9.69. The number of fused-ring (bicyclic) bond motifs is 9. The topological polar surface area (TPSA) is 14.8 Å². The standard InChI is InChI=1S/C37H25N3/c1-38-31-17-7-2-16-29(31)30-22-24(39-32-18-8-3-12-25(32)26-13-4-9-19-33(26)39)23-36(37(30)38)40-34-20-10-5-14-27(34)28-15-6-11-21-35(28)40/h2-23H,1H3. The number of para-hydroxylation sites is 5. The highest BCUT2D eigenvalue weighted by molar-refractivity contribution is 6.16. The average molecular weight is 512 g/mol. The minimum atomic E-state index is 1.16. The molecule has 9 aromatic rings. The van der Waals surface area contributed by atoms with Gasteiger partial charge in [-0.05, 0) is 42.5 Å². The van der Waals surface area contributed by atoms with Crippen LogP contribution in [-0.2, 0) is 7.05 Å². The molecule has 0 N–H and O–H groups in total. The van der Waals surface area contributed by atoms with Crippen molar-refractivity contribution in [2.75, 3.05) is 0 Å². The van der Waals surface area contributed by atoms with E-state index >= 15 is 0 Å². The van der Waals surface area contributed by atoms with Crippen molar-refractivity contribution in [1.82, 2.24) is 13.7 Å². The molecule has 0 saturated carbocycles. The van der Waals surface area contributed by atoms with Crippen LogP contribution in [0.15, 0.2) is 133 Å². The van der Waals surface area contributed by atoms with Crippen molar-refractivity contribution < 1.29 is 0 Å². The predicted molar refractivity (Wildman–Crippen MR) is 169 cm³/mol. The molecule has 3 aromatic heterocycles. The first-order valence-corrected chi connectivity index (χ1v) is 13.8. The van der Waals surface area contributed by atoms with Crippen LogP contribution in [-0.4, -0.2) is 13.7 Å². The van der Waals surface area contributed by atoms with E-state index in [-0.39, 0.29) is 0 Å². The molecule has 0 radical (unpaired) electrons. The maximum absolute atomic E-state index is 2.46. The molecule has 0 saturated heterocycles. The third kappa shape index (κ3) is 2.73. The van der Waals surface area contributed by atoms with Crippen LogP contribution in [0.1, 0.15) is 0 Å². The zero-order chi connectivity index (χ0) is 26.4. The Hall–Kier alpha value is -5.28. The minimum absolute atomic E-state index is 1.16. The third-order valence-corrected chi connectivity index (χ3v) is 8.62. The molecule has 0 bridgehead atoms. The quantitative estimate of drug-likeness (QED) is 0.219. The molecule has 3 heterocycles. The summed E-state index contributed by atoms with van der Waals surface area (Å²) in [6.45, 7) is 0. The van der Waals surface area contributed by atoms with Crippen molar-refractivity contribution >= 4 is 65.4 Å². The Kier molecular flexibility index (Phi) is 4.26. The van der Waals surface area contributed by atoms with Crippen molar-refractivity contribution in [1.29, 1.82) is 0 Å². The minimum Gasteiger partial charge on any atom is -0.342 e. The molecule has 0 atom stereocenters. The van der Waals surface area contributed by atoms with Crippen LogP contribution < -0.4 is 0 Å². The fourth-order valence-corrected chi connectivity index (χ4v) is 6.96. The summed E-state index contributed by atoms with van der Waals surface area (Å²) in [5, 5.41) is 7.61. The lowest BCUT2D eigenvalue weighted by atomic mass is 10.1. The van der Waals surface area contributed by atoms with Crippen LogP contribution in [0, 0.1) is 0 Å². The molecule has 0 aliphatic heterocycles. The lowest BCUT2D eigenvalue weighted by Crippen LogP contribution is -2.02. The molecule has 188 valence electrons. The maximum atomic E-state index is 2.46. The Morgan fingerprint density at radius 1 is 0.375 bits per heavy atom. The van der Waals surface area contributed by atoms with E-state index in [9.17, 15) is 0 Å². The second-order valence-corrected chi connectivity index (χ2v) is 10.7. The Balaban J connectivity index is 1.52. The number of rotatable bonds is 2. The summed E-state index contributed by atoms with van der Waals surface area (Å²) >= 11 is 0. The second kappa shape index (κ2) is 7.87.